The Morgan fingerprint density at radius 3 is 1.56 bits per heavy atom. The van der Waals surface area contributed by atoms with E-state index in [4.69, 9.17) is 8.85 Å². The maximum absolute atomic E-state index is 6.02. The van der Waals surface area contributed by atoms with Crippen LogP contribution in [0.4, 0.5) is 0 Å². The van der Waals surface area contributed by atoms with Crippen molar-refractivity contribution in [3.63, 3.8) is 0 Å². The molecule has 1 radical (unpaired) electrons. The van der Waals surface area contributed by atoms with Crippen molar-refractivity contribution < 1.29 is 8.85 Å². The van der Waals surface area contributed by atoms with Gasteiger partial charge in [0.1, 0.15) is 0 Å². The molecular weight excluding hydrogens is 324 g/mol. The lowest BCUT2D eigenvalue weighted by Gasteiger charge is -2.18. The topological polar surface area (TPSA) is 18.5 Å². The molecule has 0 bridgehead atoms. The van der Waals surface area contributed by atoms with Crippen LogP contribution in [-0.2, 0) is 8.85 Å². The molecule has 0 unspecified atom stereocenters. The largest absolute Gasteiger partial charge is 0.424 e. The van der Waals surface area contributed by atoms with Gasteiger partial charge in [-0.3, -0.25) is 0 Å². The second-order valence-electron chi connectivity index (χ2n) is 5.97. The summed E-state index contributed by atoms with van der Waals surface area (Å²) in [7, 11) is -1.51. The van der Waals surface area contributed by atoms with Crippen molar-refractivity contribution in [2.45, 2.75) is 13.8 Å². The Morgan fingerprint density at radius 1 is 0.600 bits per heavy atom. The Bertz CT molecular complexity index is 991. The van der Waals surface area contributed by atoms with E-state index in [1.807, 2.05) is 13.8 Å². The monoisotopic (exact) mass is 345 g/mol. The molecule has 4 aromatic rings. The van der Waals surface area contributed by atoms with Crippen molar-refractivity contribution in [2.24, 2.45) is 0 Å². The van der Waals surface area contributed by atoms with Gasteiger partial charge >= 0.3 is 9.28 Å². The zero-order chi connectivity index (χ0) is 17.2. The quantitative estimate of drug-likeness (QED) is 0.378. The maximum Gasteiger partial charge on any atom is 0.424 e. The van der Waals surface area contributed by atoms with E-state index in [0.717, 1.165) is 0 Å². The molecule has 3 heteroatoms. The van der Waals surface area contributed by atoms with Crippen molar-refractivity contribution in [3.8, 4) is 0 Å². The van der Waals surface area contributed by atoms with Crippen LogP contribution in [0.3, 0.4) is 0 Å². The zero-order valence-electron chi connectivity index (χ0n) is 14.6. The van der Waals surface area contributed by atoms with Crippen LogP contribution in [0.15, 0.2) is 66.7 Å². The summed E-state index contributed by atoms with van der Waals surface area (Å²) in [6.07, 6.45) is 0. The van der Waals surface area contributed by atoms with E-state index in [9.17, 15) is 0 Å². The summed E-state index contributed by atoms with van der Waals surface area (Å²) in [4.78, 5) is 0. The Morgan fingerprint density at radius 2 is 1.04 bits per heavy atom. The van der Waals surface area contributed by atoms with Gasteiger partial charge in [0.2, 0.25) is 0 Å². The Kier molecular flexibility index (Phi) is 4.53. The molecule has 4 aromatic carbocycles. The molecule has 0 aliphatic carbocycles. The number of fused-ring (bicyclic) bond motifs is 6. The number of hydrogen-bond donors (Lipinski definition) is 0. The van der Waals surface area contributed by atoms with Crippen LogP contribution in [0, 0.1) is 0 Å². The summed E-state index contributed by atoms with van der Waals surface area (Å²) in [6, 6.07) is 23.8. The highest BCUT2D eigenvalue weighted by Gasteiger charge is 2.22. The van der Waals surface area contributed by atoms with E-state index in [1.165, 1.54) is 37.5 Å². The predicted octanol–water partition coefficient (Wildman–Crippen LogP) is 4.91. The lowest BCUT2D eigenvalue weighted by molar-refractivity contribution is 0.225. The third kappa shape index (κ3) is 2.74. The smallest absolute Gasteiger partial charge is 0.390 e. The van der Waals surface area contributed by atoms with E-state index in [0.29, 0.717) is 13.2 Å². The first kappa shape index (κ1) is 16.3. The molecular formula is C22H21O2Si. The fourth-order valence-electron chi connectivity index (χ4n) is 3.59. The molecule has 0 amide bonds. The van der Waals surface area contributed by atoms with Crippen LogP contribution in [0.25, 0.3) is 32.3 Å². The highest BCUT2D eigenvalue weighted by molar-refractivity contribution is 6.65. The average Bonchev–Trinajstić information content (AvgIpc) is 2.67. The van der Waals surface area contributed by atoms with Gasteiger partial charge in [0.15, 0.2) is 0 Å². The molecule has 2 nitrogen and oxygen atoms in total. The second-order valence-corrected chi connectivity index (χ2v) is 7.66. The molecule has 4 rings (SSSR count). The van der Waals surface area contributed by atoms with Crippen LogP contribution in [-0.4, -0.2) is 22.5 Å². The Hall–Kier alpha value is -2.20. The van der Waals surface area contributed by atoms with Crippen molar-refractivity contribution >= 4 is 46.8 Å². The Labute approximate surface area is 149 Å². The van der Waals surface area contributed by atoms with Crippen LogP contribution >= 0.6 is 0 Å². The fraction of sp³-hybridized carbons (Fsp3) is 0.182. The van der Waals surface area contributed by atoms with E-state index in [1.54, 1.807) is 0 Å². The van der Waals surface area contributed by atoms with Crippen molar-refractivity contribution in [2.75, 3.05) is 13.2 Å². The third-order valence-corrected chi connectivity index (χ3v) is 6.50. The molecule has 0 aliphatic heterocycles. The molecule has 0 aromatic heterocycles. The molecule has 0 N–H and O–H groups in total. The van der Waals surface area contributed by atoms with Gasteiger partial charge in [-0.15, -0.1) is 0 Å². The standard InChI is InChI=1S/C22H21O2Si/c1-3-23-25(24-4-2)21-15-9-14-20-18-11-6-5-10-16(18)17-12-7-8-13-19(17)22(20)21/h5-15H,3-4H2,1-2H3. The lowest BCUT2D eigenvalue weighted by atomic mass is 9.94. The van der Waals surface area contributed by atoms with E-state index < -0.39 is 9.28 Å². The minimum absolute atomic E-state index is 0.663. The molecule has 0 heterocycles. The molecule has 0 aliphatic rings. The van der Waals surface area contributed by atoms with Crippen molar-refractivity contribution in [1.29, 1.82) is 0 Å². The number of benzene rings is 4. The summed E-state index contributed by atoms with van der Waals surface area (Å²) < 4.78 is 12.0. The van der Waals surface area contributed by atoms with Gasteiger partial charge in [-0.2, -0.15) is 0 Å². The van der Waals surface area contributed by atoms with E-state index >= 15 is 0 Å². The SMILES string of the molecule is CCO[Si](OCC)c1cccc2c3ccccc3c3ccccc3c12. The summed E-state index contributed by atoms with van der Waals surface area (Å²) >= 11 is 0. The highest BCUT2D eigenvalue weighted by atomic mass is 28.3. The highest BCUT2D eigenvalue weighted by Crippen LogP contribution is 2.34. The van der Waals surface area contributed by atoms with Crippen LogP contribution in [0.1, 0.15) is 13.8 Å². The molecule has 0 atom stereocenters. The van der Waals surface area contributed by atoms with Crippen LogP contribution in [0.2, 0.25) is 0 Å². The molecule has 25 heavy (non-hydrogen) atoms. The summed E-state index contributed by atoms with van der Waals surface area (Å²) in [5.74, 6) is 0. The summed E-state index contributed by atoms with van der Waals surface area (Å²) in [5.41, 5.74) is 0. The fourth-order valence-corrected chi connectivity index (χ4v) is 5.21. The lowest BCUT2D eigenvalue weighted by Crippen LogP contribution is -2.37. The first-order valence-corrected chi connectivity index (χ1v) is 10.1. The molecule has 0 saturated heterocycles. The number of rotatable bonds is 5. The van der Waals surface area contributed by atoms with Gasteiger partial charge in [0, 0.05) is 18.4 Å². The van der Waals surface area contributed by atoms with Crippen LogP contribution in [0.5, 0.6) is 0 Å². The normalized spacial score (nSPS) is 11.8. The second kappa shape index (κ2) is 6.96. The molecule has 0 spiro atoms. The molecule has 0 saturated carbocycles. The minimum atomic E-state index is -1.51. The van der Waals surface area contributed by atoms with E-state index in [-0.39, 0.29) is 0 Å². The molecule has 125 valence electrons. The van der Waals surface area contributed by atoms with Crippen molar-refractivity contribution in [1.82, 2.24) is 0 Å². The summed E-state index contributed by atoms with van der Waals surface area (Å²) in [6.45, 7) is 5.39. The van der Waals surface area contributed by atoms with Gasteiger partial charge in [-0.05, 0) is 46.2 Å². The number of hydrogen-bond acceptors (Lipinski definition) is 2. The first-order valence-electron chi connectivity index (χ1n) is 8.80. The summed E-state index contributed by atoms with van der Waals surface area (Å²) in [5, 5.41) is 8.88. The third-order valence-electron chi connectivity index (χ3n) is 4.54. The first-order chi connectivity index (χ1) is 12.3. The Balaban J connectivity index is 2.16. The van der Waals surface area contributed by atoms with Gasteiger partial charge in [-0.25, -0.2) is 0 Å². The van der Waals surface area contributed by atoms with Gasteiger partial charge in [0.05, 0.1) is 0 Å². The maximum atomic E-state index is 6.02. The predicted molar refractivity (Wildman–Crippen MR) is 108 cm³/mol. The van der Waals surface area contributed by atoms with Gasteiger partial charge in [0.25, 0.3) is 0 Å². The zero-order valence-corrected chi connectivity index (χ0v) is 15.6. The minimum Gasteiger partial charge on any atom is -0.390 e. The van der Waals surface area contributed by atoms with Crippen molar-refractivity contribution in [3.05, 3.63) is 66.7 Å². The van der Waals surface area contributed by atoms with Gasteiger partial charge in [-0.1, -0.05) is 66.7 Å². The van der Waals surface area contributed by atoms with Crippen LogP contribution < -0.4 is 5.19 Å². The average molecular weight is 345 g/mol. The van der Waals surface area contributed by atoms with E-state index in [2.05, 4.69) is 66.7 Å². The molecule has 0 fully saturated rings. The van der Waals surface area contributed by atoms with Gasteiger partial charge < -0.3 is 8.85 Å².